The molecule has 2 rings (SSSR count). The summed E-state index contributed by atoms with van der Waals surface area (Å²) in [5.41, 5.74) is 7.60. The lowest BCUT2D eigenvalue weighted by atomic mass is 10.1. The van der Waals surface area contributed by atoms with Crippen molar-refractivity contribution in [2.45, 2.75) is 18.9 Å². The van der Waals surface area contributed by atoms with Crippen LogP contribution in [0.2, 0.25) is 0 Å². The molecule has 1 atom stereocenters. The number of anilines is 2. The molecule has 1 saturated heterocycles. The van der Waals surface area contributed by atoms with Crippen LogP contribution in [0.25, 0.3) is 0 Å². The quantitative estimate of drug-likeness (QED) is 0.649. The minimum absolute atomic E-state index is 0.353. The maximum atomic E-state index is 11.7. The van der Waals surface area contributed by atoms with Gasteiger partial charge in [0.05, 0.1) is 12.7 Å². The molecule has 3 N–H and O–H groups in total. The van der Waals surface area contributed by atoms with Gasteiger partial charge in [0.15, 0.2) is 0 Å². The van der Waals surface area contributed by atoms with Crippen molar-refractivity contribution in [2.24, 2.45) is 0 Å². The van der Waals surface area contributed by atoms with Crippen LogP contribution in [0.15, 0.2) is 18.2 Å². The standard InChI is InChI=1S/C13H18N2O2S/c1-17-13(16)11-7-9(14)4-5-12(11)15-10-3-2-6-18-8-10/h4-5,7,10,15H,2-3,6,8,14H2,1H3. The lowest BCUT2D eigenvalue weighted by molar-refractivity contribution is 0.0602. The topological polar surface area (TPSA) is 64.3 Å². The summed E-state index contributed by atoms with van der Waals surface area (Å²) in [5.74, 6) is 1.95. The smallest absolute Gasteiger partial charge is 0.340 e. The summed E-state index contributed by atoms with van der Waals surface area (Å²) in [6.45, 7) is 0. The van der Waals surface area contributed by atoms with E-state index in [1.807, 2.05) is 17.8 Å². The second kappa shape index (κ2) is 6.00. The van der Waals surface area contributed by atoms with Crippen molar-refractivity contribution in [2.75, 3.05) is 29.7 Å². The Labute approximate surface area is 111 Å². The highest BCUT2D eigenvalue weighted by Gasteiger charge is 2.17. The van der Waals surface area contributed by atoms with Crippen LogP contribution in [0.3, 0.4) is 0 Å². The molecule has 1 unspecified atom stereocenters. The minimum atomic E-state index is -0.353. The summed E-state index contributed by atoms with van der Waals surface area (Å²) in [4.78, 5) is 11.7. The molecule has 1 fully saturated rings. The van der Waals surface area contributed by atoms with Crippen LogP contribution in [-0.2, 0) is 4.74 Å². The summed E-state index contributed by atoms with van der Waals surface area (Å²) < 4.78 is 4.78. The maximum Gasteiger partial charge on any atom is 0.340 e. The first kappa shape index (κ1) is 13.1. The number of ether oxygens (including phenoxy) is 1. The Kier molecular flexibility index (Phi) is 4.36. The highest BCUT2D eigenvalue weighted by atomic mass is 32.2. The van der Waals surface area contributed by atoms with Gasteiger partial charge in [0.1, 0.15) is 0 Å². The predicted molar refractivity (Wildman–Crippen MR) is 76.2 cm³/mol. The maximum absolute atomic E-state index is 11.7. The Morgan fingerprint density at radius 3 is 3.06 bits per heavy atom. The van der Waals surface area contributed by atoms with Gasteiger partial charge in [0.25, 0.3) is 0 Å². The van der Waals surface area contributed by atoms with Crippen molar-refractivity contribution in [3.05, 3.63) is 23.8 Å². The van der Waals surface area contributed by atoms with Gasteiger partial charge in [-0.15, -0.1) is 0 Å². The van der Waals surface area contributed by atoms with E-state index in [9.17, 15) is 4.79 Å². The van der Waals surface area contributed by atoms with Crippen molar-refractivity contribution in [3.63, 3.8) is 0 Å². The van der Waals surface area contributed by atoms with E-state index < -0.39 is 0 Å². The van der Waals surface area contributed by atoms with Crippen LogP contribution < -0.4 is 11.1 Å². The van der Waals surface area contributed by atoms with E-state index in [0.717, 1.165) is 17.9 Å². The summed E-state index contributed by atoms with van der Waals surface area (Å²) in [5, 5.41) is 3.41. The zero-order chi connectivity index (χ0) is 13.0. The molecule has 98 valence electrons. The summed E-state index contributed by atoms with van der Waals surface area (Å²) in [6, 6.07) is 5.71. The van der Waals surface area contributed by atoms with Crippen LogP contribution in [0, 0.1) is 0 Å². The molecular formula is C13H18N2O2S. The number of benzene rings is 1. The Balaban J connectivity index is 2.17. The van der Waals surface area contributed by atoms with Crippen LogP contribution in [0.4, 0.5) is 11.4 Å². The number of nitrogens with two attached hydrogens (primary N) is 1. The number of carbonyl (C=O) groups excluding carboxylic acids is 1. The number of nitrogens with one attached hydrogen (secondary N) is 1. The van der Waals surface area contributed by atoms with Crippen LogP contribution in [0.1, 0.15) is 23.2 Å². The van der Waals surface area contributed by atoms with Crippen LogP contribution in [0.5, 0.6) is 0 Å². The molecule has 5 heteroatoms. The fourth-order valence-corrected chi connectivity index (χ4v) is 3.11. The number of nitrogen functional groups attached to an aromatic ring is 1. The lowest BCUT2D eigenvalue weighted by Gasteiger charge is -2.24. The molecule has 1 aromatic rings. The van der Waals surface area contributed by atoms with Crippen molar-refractivity contribution >= 4 is 29.1 Å². The van der Waals surface area contributed by atoms with Gasteiger partial charge in [-0.25, -0.2) is 4.79 Å². The Morgan fingerprint density at radius 1 is 1.56 bits per heavy atom. The molecule has 0 saturated carbocycles. The third-order valence-electron chi connectivity index (χ3n) is 2.97. The Bertz CT molecular complexity index is 431. The zero-order valence-electron chi connectivity index (χ0n) is 10.4. The molecule has 1 aliphatic heterocycles. The predicted octanol–water partition coefficient (Wildman–Crippen LogP) is 2.36. The largest absolute Gasteiger partial charge is 0.465 e. The number of rotatable bonds is 3. The second-order valence-electron chi connectivity index (χ2n) is 4.36. The van der Waals surface area contributed by atoms with Gasteiger partial charge in [-0.3, -0.25) is 0 Å². The van der Waals surface area contributed by atoms with Gasteiger partial charge >= 0.3 is 5.97 Å². The average molecular weight is 266 g/mol. The SMILES string of the molecule is COC(=O)c1cc(N)ccc1NC1CCCSC1. The van der Waals surface area contributed by atoms with Gasteiger partial charge in [0.2, 0.25) is 0 Å². The Hall–Kier alpha value is -1.36. The highest BCUT2D eigenvalue weighted by Crippen LogP contribution is 2.25. The Morgan fingerprint density at radius 2 is 2.39 bits per heavy atom. The number of hydrogen-bond acceptors (Lipinski definition) is 5. The lowest BCUT2D eigenvalue weighted by Crippen LogP contribution is -2.26. The van der Waals surface area contributed by atoms with Crippen molar-refractivity contribution in [1.29, 1.82) is 0 Å². The van der Waals surface area contributed by atoms with E-state index in [1.54, 1.807) is 12.1 Å². The summed E-state index contributed by atoms with van der Waals surface area (Å²) in [6.07, 6.45) is 2.35. The van der Waals surface area contributed by atoms with E-state index >= 15 is 0 Å². The number of carbonyl (C=O) groups is 1. The van der Waals surface area contributed by atoms with Crippen LogP contribution in [-0.4, -0.2) is 30.6 Å². The van der Waals surface area contributed by atoms with Gasteiger partial charge in [0, 0.05) is 23.2 Å². The second-order valence-corrected chi connectivity index (χ2v) is 5.50. The molecule has 0 aromatic heterocycles. The first-order valence-electron chi connectivity index (χ1n) is 6.03. The first-order valence-corrected chi connectivity index (χ1v) is 7.18. The molecule has 0 radical (unpaired) electrons. The van der Waals surface area contributed by atoms with Crippen LogP contribution >= 0.6 is 11.8 Å². The average Bonchev–Trinajstić information content (AvgIpc) is 2.41. The monoisotopic (exact) mass is 266 g/mol. The highest BCUT2D eigenvalue weighted by molar-refractivity contribution is 7.99. The fourth-order valence-electron chi connectivity index (χ4n) is 2.04. The molecule has 18 heavy (non-hydrogen) atoms. The normalized spacial score (nSPS) is 19.3. The molecule has 1 aromatic carbocycles. The van der Waals surface area contributed by atoms with Crippen molar-refractivity contribution in [1.82, 2.24) is 0 Å². The third kappa shape index (κ3) is 3.10. The first-order chi connectivity index (χ1) is 8.70. The van der Waals surface area contributed by atoms with E-state index in [1.165, 1.54) is 19.3 Å². The fraction of sp³-hybridized carbons (Fsp3) is 0.462. The van der Waals surface area contributed by atoms with Crippen molar-refractivity contribution in [3.8, 4) is 0 Å². The minimum Gasteiger partial charge on any atom is -0.465 e. The molecule has 0 spiro atoms. The molecular weight excluding hydrogens is 248 g/mol. The zero-order valence-corrected chi connectivity index (χ0v) is 11.3. The number of thioether (sulfide) groups is 1. The summed E-state index contributed by atoms with van der Waals surface area (Å²) in [7, 11) is 1.38. The van der Waals surface area contributed by atoms with E-state index in [4.69, 9.17) is 10.5 Å². The van der Waals surface area contributed by atoms with Gasteiger partial charge in [-0.2, -0.15) is 11.8 Å². The summed E-state index contributed by atoms with van der Waals surface area (Å²) >= 11 is 1.94. The molecule has 1 aliphatic rings. The number of hydrogen-bond donors (Lipinski definition) is 2. The van der Waals surface area contributed by atoms with Gasteiger partial charge in [-0.1, -0.05) is 0 Å². The van der Waals surface area contributed by atoms with Gasteiger partial charge in [-0.05, 0) is 36.8 Å². The van der Waals surface area contributed by atoms with Gasteiger partial charge < -0.3 is 15.8 Å². The van der Waals surface area contributed by atoms with E-state index in [2.05, 4.69) is 5.32 Å². The van der Waals surface area contributed by atoms with Crippen molar-refractivity contribution < 1.29 is 9.53 Å². The molecule has 1 heterocycles. The third-order valence-corrected chi connectivity index (χ3v) is 4.18. The molecule has 0 bridgehead atoms. The number of esters is 1. The van der Waals surface area contributed by atoms with E-state index in [0.29, 0.717) is 17.3 Å². The molecule has 0 amide bonds. The number of methoxy groups -OCH3 is 1. The molecule has 4 nitrogen and oxygen atoms in total. The van der Waals surface area contributed by atoms with E-state index in [-0.39, 0.29) is 5.97 Å². The molecule has 0 aliphatic carbocycles.